The molecule has 9 heavy (non-hydrogen) atoms. The van der Waals surface area contributed by atoms with Crippen LogP contribution >= 0.6 is 0 Å². The highest BCUT2D eigenvalue weighted by Crippen LogP contribution is 2.26. The normalized spacial score (nSPS) is 26.0. The van der Waals surface area contributed by atoms with Crippen LogP contribution in [0, 0.1) is 5.92 Å². The maximum atomic E-state index is 12.1. The molecule has 1 unspecified atom stereocenters. The molecular weight excluding hydrogens is 119 g/mol. The van der Waals surface area contributed by atoms with Crippen molar-refractivity contribution in [2.45, 2.75) is 38.5 Å². The molecule has 1 rings (SSSR count). The zero-order valence-corrected chi connectivity index (χ0v) is 5.52. The van der Waals surface area contributed by atoms with Crippen molar-refractivity contribution in [3.8, 4) is 0 Å². The predicted molar refractivity (Wildman–Crippen MR) is 33.7 cm³/mol. The van der Waals surface area contributed by atoms with Gasteiger partial charge in [-0.15, -0.1) is 0 Å². The van der Waals surface area contributed by atoms with Crippen LogP contribution in [0.2, 0.25) is 0 Å². The first-order valence-electron chi connectivity index (χ1n) is 3.63. The zero-order valence-electron chi connectivity index (χ0n) is 5.52. The van der Waals surface area contributed by atoms with E-state index in [2.05, 4.69) is 0 Å². The monoisotopic (exact) mass is 132 g/mol. The summed E-state index contributed by atoms with van der Waals surface area (Å²) in [6.07, 6.45) is 3.57. The fraction of sp³-hybridized carbons (Fsp3) is 1.00. The molecule has 1 atom stereocenters. The molecule has 0 aromatic heterocycles. The van der Waals surface area contributed by atoms with Crippen LogP contribution in [0.15, 0.2) is 0 Å². The van der Waals surface area contributed by atoms with Gasteiger partial charge in [-0.3, -0.25) is 0 Å². The maximum absolute atomic E-state index is 12.1. The van der Waals surface area contributed by atoms with Crippen LogP contribution in [0.25, 0.3) is 0 Å². The largest absolute Gasteiger partial charge is 0.364 e. The molecule has 1 fully saturated rings. The number of rotatable bonds is 1. The highest BCUT2D eigenvalue weighted by atomic mass is 19.1. The van der Waals surface area contributed by atoms with E-state index >= 15 is 0 Å². The summed E-state index contributed by atoms with van der Waals surface area (Å²) in [5.41, 5.74) is 0. The van der Waals surface area contributed by atoms with E-state index < -0.39 is 6.36 Å². The summed E-state index contributed by atoms with van der Waals surface area (Å²) in [5, 5.41) is 8.51. The lowest BCUT2D eigenvalue weighted by Gasteiger charge is -2.21. The molecule has 1 nitrogen and oxygen atoms in total. The van der Waals surface area contributed by atoms with Crippen LogP contribution in [-0.4, -0.2) is 11.5 Å². The van der Waals surface area contributed by atoms with E-state index in [4.69, 9.17) is 5.11 Å². The smallest absolute Gasteiger partial charge is 0.199 e. The lowest BCUT2D eigenvalue weighted by atomic mass is 9.89. The van der Waals surface area contributed by atoms with E-state index in [-0.39, 0.29) is 5.92 Å². The Morgan fingerprint density at radius 3 is 2.11 bits per heavy atom. The van der Waals surface area contributed by atoms with Crippen molar-refractivity contribution in [1.82, 2.24) is 0 Å². The summed E-state index contributed by atoms with van der Waals surface area (Å²) in [4.78, 5) is 0. The number of hydrogen-bond acceptors (Lipinski definition) is 1. The molecule has 1 saturated carbocycles. The van der Waals surface area contributed by atoms with Gasteiger partial charge in [0.25, 0.3) is 0 Å². The topological polar surface area (TPSA) is 20.2 Å². The highest BCUT2D eigenvalue weighted by molar-refractivity contribution is 4.66. The second kappa shape index (κ2) is 3.16. The SMILES string of the molecule is OC(F)C1CCCCC1. The Morgan fingerprint density at radius 1 is 1.22 bits per heavy atom. The van der Waals surface area contributed by atoms with Crippen LogP contribution in [0.4, 0.5) is 4.39 Å². The average molecular weight is 132 g/mol. The van der Waals surface area contributed by atoms with Crippen molar-refractivity contribution in [3.63, 3.8) is 0 Å². The quantitative estimate of drug-likeness (QED) is 0.577. The number of aliphatic hydroxyl groups is 1. The van der Waals surface area contributed by atoms with Crippen LogP contribution in [0.5, 0.6) is 0 Å². The lowest BCUT2D eigenvalue weighted by Crippen LogP contribution is -2.17. The molecule has 0 aliphatic heterocycles. The third-order valence-electron chi connectivity index (χ3n) is 2.04. The molecule has 0 aromatic carbocycles. The van der Waals surface area contributed by atoms with Gasteiger partial charge in [0.2, 0.25) is 0 Å². The van der Waals surface area contributed by atoms with Crippen molar-refractivity contribution >= 4 is 0 Å². The third-order valence-corrected chi connectivity index (χ3v) is 2.04. The standard InChI is InChI=1S/C7H13FO/c8-7(9)6-4-2-1-3-5-6/h6-7,9H,1-5H2. The number of hydrogen-bond donors (Lipinski definition) is 1. The second-order valence-electron chi connectivity index (χ2n) is 2.77. The van der Waals surface area contributed by atoms with Gasteiger partial charge in [-0.1, -0.05) is 19.3 Å². The fourth-order valence-electron chi connectivity index (χ4n) is 1.41. The highest BCUT2D eigenvalue weighted by Gasteiger charge is 2.20. The van der Waals surface area contributed by atoms with E-state index in [1.54, 1.807) is 0 Å². The van der Waals surface area contributed by atoms with Crippen LogP contribution in [-0.2, 0) is 0 Å². The molecule has 1 N–H and O–H groups in total. The molecule has 0 radical (unpaired) electrons. The molecule has 54 valence electrons. The summed E-state index contributed by atoms with van der Waals surface area (Å²) in [6.45, 7) is 0. The summed E-state index contributed by atoms with van der Waals surface area (Å²) in [7, 11) is 0. The minimum atomic E-state index is -1.56. The van der Waals surface area contributed by atoms with Gasteiger partial charge in [-0.05, 0) is 12.8 Å². The van der Waals surface area contributed by atoms with Crippen LogP contribution in [0.1, 0.15) is 32.1 Å². The second-order valence-corrected chi connectivity index (χ2v) is 2.77. The number of alkyl halides is 1. The average Bonchev–Trinajstić information content (AvgIpc) is 1.90. The Labute approximate surface area is 54.9 Å². The van der Waals surface area contributed by atoms with Crippen molar-refractivity contribution in [2.75, 3.05) is 0 Å². The Bertz CT molecular complexity index is 77.0. The van der Waals surface area contributed by atoms with E-state index in [1.807, 2.05) is 0 Å². The van der Waals surface area contributed by atoms with E-state index in [9.17, 15) is 4.39 Å². The fourth-order valence-corrected chi connectivity index (χ4v) is 1.41. The first kappa shape index (κ1) is 7.00. The molecule has 1 aliphatic rings. The van der Waals surface area contributed by atoms with Gasteiger partial charge in [-0.2, -0.15) is 0 Å². The van der Waals surface area contributed by atoms with Crippen molar-refractivity contribution < 1.29 is 9.50 Å². The molecule has 0 saturated heterocycles. The molecule has 1 aliphatic carbocycles. The Hall–Kier alpha value is -0.110. The number of halogens is 1. The first-order chi connectivity index (χ1) is 4.30. The maximum Gasteiger partial charge on any atom is 0.199 e. The summed E-state index contributed by atoms with van der Waals surface area (Å²) < 4.78 is 12.1. The molecule has 2 heteroatoms. The molecule has 0 bridgehead atoms. The molecule has 0 amide bonds. The molecule has 0 spiro atoms. The lowest BCUT2D eigenvalue weighted by molar-refractivity contribution is -0.0244. The number of aliphatic hydroxyl groups excluding tert-OH is 1. The Morgan fingerprint density at radius 2 is 1.78 bits per heavy atom. The van der Waals surface area contributed by atoms with Gasteiger partial charge >= 0.3 is 0 Å². The zero-order chi connectivity index (χ0) is 6.69. The van der Waals surface area contributed by atoms with Crippen molar-refractivity contribution in [2.24, 2.45) is 5.92 Å². The van der Waals surface area contributed by atoms with E-state index in [0.717, 1.165) is 25.7 Å². The molecular formula is C7H13FO. The van der Waals surface area contributed by atoms with Gasteiger partial charge in [0.05, 0.1) is 0 Å². The van der Waals surface area contributed by atoms with Crippen molar-refractivity contribution in [3.05, 3.63) is 0 Å². The van der Waals surface area contributed by atoms with Gasteiger partial charge in [0, 0.05) is 5.92 Å². The van der Waals surface area contributed by atoms with Gasteiger partial charge in [0.1, 0.15) is 0 Å². The van der Waals surface area contributed by atoms with Crippen LogP contribution in [0.3, 0.4) is 0 Å². The van der Waals surface area contributed by atoms with Gasteiger partial charge < -0.3 is 5.11 Å². The minimum Gasteiger partial charge on any atom is -0.364 e. The molecule has 0 aromatic rings. The van der Waals surface area contributed by atoms with E-state index in [1.165, 1.54) is 6.42 Å². The minimum absolute atomic E-state index is 0.0567. The third kappa shape index (κ3) is 1.94. The van der Waals surface area contributed by atoms with Crippen LogP contribution < -0.4 is 0 Å². The summed E-state index contributed by atoms with van der Waals surface area (Å²) >= 11 is 0. The first-order valence-corrected chi connectivity index (χ1v) is 3.63. The Kier molecular flexibility index (Phi) is 2.46. The predicted octanol–water partition coefficient (Wildman–Crippen LogP) is 1.85. The van der Waals surface area contributed by atoms with E-state index in [0.29, 0.717) is 0 Å². The van der Waals surface area contributed by atoms with Gasteiger partial charge in [0.15, 0.2) is 6.36 Å². The Balaban J connectivity index is 2.23. The summed E-state index contributed by atoms with van der Waals surface area (Å²) in [5.74, 6) is -0.0567. The van der Waals surface area contributed by atoms with Gasteiger partial charge in [-0.25, -0.2) is 4.39 Å². The molecule has 0 heterocycles. The summed E-state index contributed by atoms with van der Waals surface area (Å²) in [6, 6.07) is 0. The van der Waals surface area contributed by atoms with Crippen molar-refractivity contribution in [1.29, 1.82) is 0 Å².